The molecule has 7 nitrogen and oxygen atoms in total. The molecule has 0 bridgehead atoms. The average molecular weight is 335 g/mol. The number of para-hydroxylation sites is 1. The highest BCUT2D eigenvalue weighted by molar-refractivity contribution is 5.95. The fourth-order valence-corrected chi connectivity index (χ4v) is 2.86. The van der Waals surface area contributed by atoms with Crippen LogP contribution in [0, 0.1) is 0 Å². The number of aromatic nitrogens is 3. The first-order valence-corrected chi connectivity index (χ1v) is 8.10. The standard InChI is InChI=1S/C18H17N5O2/c24-17-13-22(9-10-23(17)15-6-2-1-3-7-15)12-16-20-18(21-25-16)14-5-4-8-19-11-14/h1-8,11H,9-10,12-13H2. The molecule has 0 atom stereocenters. The van der Waals surface area contributed by atoms with Crippen LogP contribution in [0.2, 0.25) is 0 Å². The maximum Gasteiger partial charge on any atom is 0.241 e. The van der Waals surface area contributed by atoms with E-state index in [4.69, 9.17) is 4.52 Å². The second-order valence-corrected chi connectivity index (χ2v) is 5.85. The number of carbonyl (C=O) groups excluding carboxylic acids is 1. The summed E-state index contributed by atoms with van der Waals surface area (Å²) >= 11 is 0. The molecule has 126 valence electrons. The van der Waals surface area contributed by atoms with Crippen LogP contribution in [0.25, 0.3) is 11.4 Å². The number of piperazine rings is 1. The van der Waals surface area contributed by atoms with Gasteiger partial charge >= 0.3 is 0 Å². The SMILES string of the molecule is O=C1CN(Cc2nc(-c3cccnc3)no2)CCN1c1ccccc1. The minimum atomic E-state index is 0.0736. The van der Waals surface area contributed by atoms with Gasteiger partial charge in [0.2, 0.25) is 17.6 Å². The van der Waals surface area contributed by atoms with E-state index in [2.05, 4.69) is 15.1 Å². The molecule has 4 rings (SSSR count). The molecule has 3 aromatic rings. The highest BCUT2D eigenvalue weighted by Crippen LogP contribution is 2.18. The van der Waals surface area contributed by atoms with E-state index in [9.17, 15) is 4.79 Å². The van der Waals surface area contributed by atoms with Gasteiger partial charge in [0.05, 0.1) is 13.1 Å². The number of hydrogen-bond donors (Lipinski definition) is 0. The van der Waals surface area contributed by atoms with Gasteiger partial charge in [0.15, 0.2) is 0 Å². The van der Waals surface area contributed by atoms with Gasteiger partial charge in [-0.2, -0.15) is 4.98 Å². The third kappa shape index (κ3) is 3.41. The first-order valence-electron chi connectivity index (χ1n) is 8.10. The molecular weight excluding hydrogens is 318 g/mol. The highest BCUT2D eigenvalue weighted by atomic mass is 16.5. The third-order valence-electron chi connectivity index (χ3n) is 4.11. The highest BCUT2D eigenvalue weighted by Gasteiger charge is 2.26. The second-order valence-electron chi connectivity index (χ2n) is 5.85. The monoisotopic (exact) mass is 335 g/mol. The van der Waals surface area contributed by atoms with Gasteiger partial charge in [0.1, 0.15) is 0 Å². The van der Waals surface area contributed by atoms with Crippen LogP contribution in [0.15, 0.2) is 59.4 Å². The van der Waals surface area contributed by atoms with Gasteiger partial charge in [0, 0.05) is 36.7 Å². The number of anilines is 1. The van der Waals surface area contributed by atoms with E-state index in [0.717, 1.165) is 17.8 Å². The Bertz CT molecular complexity index is 850. The Morgan fingerprint density at radius 2 is 1.96 bits per heavy atom. The molecule has 3 heterocycles. The molecular formula is C18H17N5O2. The Morgan fingerprint density at radius 3 is 2.72 bits per heavy atom. The maximum atomic E-state index is 12.4. The van der Waals surface area contributed by atoms with Crippen molar-refractivity contribution < 1.29 is 9.32 Å². The summed E-state index contributed by atoms with van der Waals surface area (Å²) in [6, 6.07) is 13.4. The fraction of sp³-hybridized carbons (Fsp3) is 0.222. The third-order valence-corrected chi connectivity index (χ3v) is 4.11. The van der Waals surface area contributed by atoms with Crippen LogP contribution in [0.1, 0.15) is 5.89 Å². The van der Waals surface area contributed by atoms with E-state index in [1.165, 1.54) is 0 Å². The minimum Gasteiger partial charge on any atom is -0.338 e. The van der Waals surface area contributed by atoms with Gasteiger partial charge in [0.25, 0.3) is 0 Å². The Balaban J connectivity index is 1.40. The van der Waals surface area contributed by atoms with Gasteiger partial charge in [-0.3, -0.25) is 14.7 Å². The van der Waals surface area contributed by atoms with E-state index in [1.54, 1.807) is 12.4 Å². The zero-order chi connectivity index (χ0) is 17.1. The maximum absolute atomic E-state index is 12.4. The summed E-state index contributed by atoms with van der Waals surface area (Å²) in [7, 11) is 0. The summed E-state index contributed by atoms with van der Waals surface area (Å²) in [6.07, 6.45) is 3.39. The van der Waals surface area contributed by atoms with E-state index in [-0.39, 0.29) is 5.91 Å². The molecule has 0 aliphatic carbocycles. The summed E-state index contributed by atoms with van der Waals surface area (Å²) < 4.78 is 5.31. The molecule has 2 aromatic heterocycles. The van der Waals surface area contributed by atoms with Crippen LogP contribution in [0.5, 0.6) is 0 Å². The van der Waals surface area contributed by atoms with Crippen molar-refractivity contribution >= 4 is 11.6 Å². The summed E-state index contributed by atoms with van der Waals surface area (Å²) in [5.74, 6) is 1.08. The lowest BCUT2D eigenvalue weighted by Crippen LogP contribution is -2.50. The lowest BCUT2D eigenvalue weighted by atomic mass is 10.2. The quantitative estimate of drug-likeness (QED) is 0.726. The number of amides is 1. The smallest absolute Gasteiger partial charge is 0.241 e. The molecule has 0 N–H and O–H groups in total. The molecule has 0 unspecified atom stereocenters. The average Bonchev–Trinajstić information content (AvgIpc) is 3.12. The summed E-state index contributed by atoms with van der Waals surface area (Å²) in [6.45, 7) is 2.19. The molecule has 1 amide bonds. The summed E-state index contributed by atoms with van der Waals surface area (Å²) in [5.41, 5.74) is 1.74. The fourth-order valence-electron chi connectivity index (χ4n) is 2.86. The van der Waals surface area contributed by atoms with Crippen molar-refractivity contribution in [2.24, 2.45) is 0 Å². The molecule has 0 radical (unpaired) electrons. The Kier molecular flexibility index (Phi) is 4.22. The first kappa shape index (κ1) is 15.5. The molecule has 1 aromatic carbocycles. The predicted octanol–water partition coefficient (Wildman–Crippen LogP) is 1.98. The van der Waals surface area contributed by atoms with Crippen molar-refractivity contribution in [2.45, 2.75) is 6.54 Å². The molecule has 1 aliphatic heterocycles. The predicted molar refractivity (Wildman–Crippen MR) is 91.6 cm³/mol. The van der Waals surface area contributed by atoms with Crippen LogP contribution in [0.4, 0.5) is 5.69 Å². The van der Waals surface area contributed by atoms with Crippen LogP contribution in [0.3, 0.4) is 0 Å². The number of benzene rings is 1. The zero-order valence-corrected chi connectivity index (χ0v) is 13.6. The van der Waals surface area contributed by atoms with E-state index in [1.807, 2.05) is 52.3 Å². The largest absolute Gasteiger partial charge is 0.338 e. The zero-order valence-electron chi connectivity index (χ0n) is 13.6. The van der Waals surface area contributed by atoms with E-state index < -0.39 is 0 Å². The van der Waals surface area contributed by atoms with Crippen molar-refractivity contribution in [2.75, 3.05) is 24.5 Å². The minimum absolute atomic E-state index is 0.0736. The number of nitrogens with zero attached hydrogens (tertiary/aromatic N) is 5. The molecule has 7 heteroatoms. The van der Waals surface area contributed by atoms with E-state index in [0.29, 0.717) is 31.3 Å². The Hall–Kier alpha value is -3.06. The molecule has 0 saturated carbocycles. The summed E-state index contributed by atoms with van der Waals surface area (Å²) in [4.78, 5) is 24.7. The summed E-state index contributed by atoms with van der Waals surface area (Å²) in [5, 5.41) is 3.99. The number of rotatable bonds is 4. The molecule has 25 heavy (non-hydrogen) atoms. The molecule has 1 fully saturated rings. The van der Waals surface area contributed by atoms with Crippen LogP contribution in [-0.2, 0) is 11.3 Å². The van der Waals surface area contributed by atoms with Crippen molar-refractivity contribution in [3.63, 3.8) is 0 Å². The lowest BCUT2D eigenvalue weighted by Gasteiger charge is -2.33. The van der Waals surface area contributed by atoms with Gasteiger partial charge in [-0.05, 0) is 24.3 Å². The van der Waals surface area contributed by atoms with Crippen LogP contribution >= 0.6 is 0 Å². The lowest BCUT2D eigenvalue weighted by molar-refractivity contribution is -0.121. The Morgan fingerprint density at radius 1 is 1.08 bits per heavy atom. The van der Waals surface area contributed by atoms with Gasteiger partial charge in [-0.15, -0.1) is 0 Å². The van der Waals surface area contributed by atoms with Gasteiger partial charge < -0.3 is 9.42 Å². The van der Waals surface area contributed by atoms with E-state index >= 15 is 0 Å². The topological polar surface area (TPSA) is 75.4 Å². The van der Waals surface area contributed by atoms with Crippen LogP contribution < -0.4 is 4.90 Å². The van der Waals surface area contributed by atoms with Crippen LogP contribution in [-0.4, -0.2) is 45.6 Å². The number of carbonyl (C=O) groups is 1. The molecule has 1 saturated heterocycles. The number of hydrogen-bond acceptors (Lipinski definition) is 6. The van der Waals surface area contributed by atoms with Crippen molar-refractivity contribution in [1.29, 1.82) is 0 Å². The normalized spacial score (nSPS) is 15.5. The Labute approximate surface area is 144 Å². The van der Waals surface area contributed by atoms with Gasteiger partial charge in [-0.25, -0.2) is 0 Å². The first-order chi connectivity index (χ1) is 12.3. The molecule has 0 spiro atoms. The van der Waals surface area contributed by atoms with Crippen molar-refractivity contribution in [3.05, 3.63) is 60.7 Å². The van der Waals surface area contributed by atoms with Gasteiger partial charge in [-0.1, -0.05) is 23.4 Å². The van der Waals surface area contributed by atoms with Crippen molar-refractivity contribution in [3.8, 4) is 11.4 Å². The molecule has 1 aliphatic rings. The number of pyridine rings is 1. The second kappa shape index (κ2) is 6.82. The van der Waals surface area contributed by atoms with Crippen molar-refractivity contribution in [1.82, 2.24) is 20.0 Å².